The Labute approximate surface area is 248 Å². The molecule has 0 saturated heterocycles. The summed E-state index contributed by atoms with van der Waals surface area (Å²) in [4.78, 5) is -0.739. The van der Waals surface area contributed by atoms with Gasteiger partial charge in [0.25, 0.3) is 20.1 Å². The largest absolute Gasteiger partial charge is 1.00 e. The van der Waals surface area contributed by atoms with Gasteiger partial charge in [0.15, 0.2) is 0 Å². The van der Waals surface area contributed by atoms with E-state index in [9.17, 15) is 26.5 Å². The van der Waals surface area contributed by atoms with Gasteiger partial charge in [-0.05, 0) is 60.8 Å². The number of nitrogens with one attached hydrogen (secondary N) is 1. The molecule has 14 heteroatoms. The van der Waals surface area contributed by atoms with Gasteiger partial charge in [-0.15, -0.1) is 10.2 Å². The van der Waals surface area contributed by atoms with Crippen molar-refractivity contribution in [3.8, 4) is 5.75 Å². The van der Waals surface area contributed by atoms with E-state index < -0.39 is 30.8 Å². The molecule has 0 aliphatic rings. The molecule has 0 aliphatic heterocycles. The maximum absolute atomic E-state index is 13.7. The van der Waals surface area contributed by atoms with Gasteiger partial charge >= 0.3 is 29.6 Å². The van der Waals surface area contributed by atoms with Crippen molar-refractivity contribution in [1.29, 1.82) is 0 Å². The van der Waals surface area contributed by atoms with E-state index in [0.717, 1.165) is 12.1 Å². The van der Waals surface area contributed by atoms with Crippen molar-refractivity contribution in [1.82, 2.24) is 0 Å². The number of hydrogen-bond acceptors (Lipinski definition) is 9. The molecule has 198 valence electrons. The molecule has 0 radical (unpaired) electrons. The number of nitrogen functional groups attached to an aromatic ring is 1. The van der Waals surface area contributed by atoms with E-state index in [4.69, 9.17) is 5.73 Å². The zero-order chi connectivity index (χ0) is 27.7. The number of azo groups is 1. The van der Waals surface area contributed by atoms with Gasteiger partial charge in [-0.1, -0.05) is 30.0 Å². The standard InChI is InChI=1S/C25H25N5O6S2.Na/c1-3-30(18-7-5-4-6-8-18)37(32,33)23-14-17(26)10-12-20(23)28-29-25-21(27-2)11-9-16-13-19(38(34,35)36)15-22(31)24(16)25;/h4-15,27,31H,3,26H2,1-2H3,(H,34,35,36);/q;+1/p-1. The van der Waals surface area contributed by atoms with E-state index >= 15 is 0 Å². The molecule has 0 fully saturated rings. The first kappa shape index (κ1) is 30.3. The van der Waals surface area contributed by atoms with E-state index in [-0.39, 0.29) is 68.8 Å². The van der Waals surface area contributed by atoms with Crippen molar-refractivity contribution in [2.75, 3.05) is 28.9 Å². The fraction of sp³-hybridized carbons (Fsp3) is 0.120. The summed E-state index contributed by atoms with van der Waals surface area (Å²) in [5, 5.41) is 24.4. The Hall–Kier alpha value is -3.20. The van der Waals surface area contributed by atoms with Crippen LogP contribution in [0.1, 0.15) is 6.92 Å². The minimum atomic E-state index is -4.61. The van der Waals surface area contributed by atoms with Crippen LogP contribution in [0.25, 0.3) is 10.8 Å². The van der Waals surface area contributed by atoms with Crippen LogP contribution in [0.3, 0.4) is 0 Å². The Morgan fingerprint density at radius 2 is 1.67 bits per heavy atom. The van der Waals surface area contributed by atoms with Gasteiger partial charge in [-0.25, -0.2) is 8.42 Å². The Morgan fingerprint density at radius 1 is 0.974 bits per heavy atom. The number of hydrogen-bond donors (Lipinski definition) is 3. The molecule has 0 unspecified atom stereocenters. The zero-order valence-corrected chi connectivity index (χ0v) is 25.0. The second-order valence-electron chi connectivity index (χ2n) is 8.14. The molecule has 0 heterocycles. The fourth-order valence-electron chi connectivity index (χ4n) is 3.96. The molecule has 4 aromatic carbocycles. The van der Waals surface area contributed by atoms with Crippen molar-refractivity contribution >= 4 is 59.4 Å². The minimum Gasteiger partial charge on any atom is -0.872 e. The zero-order valence-electron chi connectivity index (χ0n) is 21.4. The summed E-state index contributed by atoms with van der Waals surface area (Å²) in [5.74, 6) is -0.715. The molecule has 0 spiro atoms. The van der Waals surface area contributed by atoms with Crippen molar-refractivity contribution in [2.24, 2.45) is 10.2 Å². The maximum Gasteiger partial charge on any atom is 1.00 e. The first-order chi connectivity index (χ1) is 18.0. The Morgan fingerprint density at radius 3 is 2.28 bits per heavy atom. The van der Waals surface area contributed by atoms with Crippen molar-refractivity contribution in [3.63, 3.8) is 0 Å². The smallest absolute Gasteiger partial charge is 0.872 e. The van der Waals surface area contributed by atoms with Crippen LogP contribution in [-0.2, 0) is 20.1 Å². The van der Waals surface area contributed by atoms with Crippen LogP contribution >= 0.6 is 0 Å². The topological polar surface area (TPSA) is 178 Å². The third kappa shape index (κ3) is 6.19. The van der Waals surface area contributed by atoms with Crippen LogP contribution in [-0.4, -0.2) is 35.0 Å². The van der Waals surface area contributed by atoms with Gasteiger partial charge in [-0.2, -0.15) is 8.42 Å². The van der Waals surface area contributed by atoms with E-state index in [0.29, 0.717) is 11.4 Å². The molecular formula is C25H24N5NaO6S2. The molecular weight excluding hydrogens is 553 g/mol. The van der Waals surface area contributed by atoms with E-state index in [2.05, 4.69) is 15.5 Å². The molecule has 0 saturated carbocycles. The van der Waals surface area contributed by atoms with Crippen molar-refractivity contribution in [3.05, 3.63) is 72.8 Å². The van der Waals surface area contributed by atoms with Gasteiger partial charge < -0.3 is 16.2 Å². The monoisotopic (exact) mass is 577 g/mol. The SMILES string of the molecule is CCN(c1ccccc1)S(=O)(=O)c1cc(N)ccc1N=Nc1c(NC)ccc2cc(S(=O)(=O)O)cc([O-])c12.[Na+]. The van der Waals surface area contributed by atoms with Crippen molar-refractivity contribution < 1.29 is 56.1 Å². The molecule has 0 aromatic heterocycles. The summed E-state index contributed by atoms with van der Waals surface area (Å²) in [6.45, 7) is 1.84. The second kappa shape index (κ2) is 11.9. The molecule has 0 bridgehead atoms. The van der Waals surface area contributed by atoms with Crippen LogP contribution in [0.15, 0.2) is 92.8 Å². The summed E-state index contributed by atoms with van der Waals surface area (Å²) in [5.41, 5.74) is 7.01. The minimum absolute atomic E-state index is 0. The van der Waals surface area contributed by atoms with Gasteiger partial charge in [0.1, 0.15) is 16.3 Å². The normalized spacial score (nSPS) is 11.9. The predicted molar refractivity (Wildman–Crippen MR) is 144 cm³/mol. The molecule has 0 amide bonds. The number of para-hydroxylation sites is 1. The Bertz CT molecular complexity index is 1770. The van der Waals surface area contributed by atoms with Crippen LogP contribution in [0.4, 0.5) is 28.4 Å². The van der Waals surface area contributed by atoms with Crippen molar-refractivity contribution in [2.45, 2.75) is 16.7 Å². The summed E-state index contributed by atoms with van der Waals surface area (Å²) in [7, 11) is -7.14. The molecule has 11 nitrogen and oxygen atoms in total. The average Bonchev–Trinajstić information content (AvgIpc) is 2.87. The predicted octanol–water partition coefficient (Wildman–Crippen LogP) is 1.42. The van der Waals surface area contributed by atoms with E-state index in [1.807, 2.05) is 0 Å². The van der Waals surface area contributed by atoms with Crippen LogP contribution in [0.5, 0.6) is 5.75 Å². The molecule has 4 rings (SSSR count). The maximum atomic E-state index is 13.7. The number of fused-ring (bicyclic) bond motifs is 1. The second-order valence-corrected chi connectivity index (χ2v) is 11.4. The summed E-state index contributed by atoms with van der Waals surface area (Å²) < 4.78 is 61.1. The number of rotatable bonds is 8. The molecule has 0 atom stereocenters. The van der Waals surface area contributed by atoms with Crippen LogP contribution < -0.4 is 50.0 Å². The number of anilines is 3. The first-order valence-corrected chi connectivity index (χ1v) is 14.2. The Kier molecular flexibility index (Phi) is 9.26. The molecule has 0 aliphatic carbocycles. The Balaban J connectivity index is 0.00000420. The van der Waals surface area contributed by atoms with Gasteiger partial charge in [0, 0.05) is 24.7 Å². The summed E-state index contributed by atoms with van der Waals surface area (Å²) >= 11 is 0. The van der Waals surface area contributed by atoms with Crippen LogP contribution in [0.2, 0.25) is 0 Å². The fourth-order valence-corrected chi connectivity index (χ4v) is 6.13. The van der Waals surface area contributed by atoms with Crippen LogP contribution in [0, 0.1) is 0 Å². The first-order valence-electron chi connectivity index (χ1n) is 11.3. The van der Waals surface area contributed by atoms with E-state index in [1.165, 1.54) is 28.6 Å². The van der Waals surface area contributed by atoms with Gasteiger partial charge in [0.2, 0.25) is 0 Å². The number of benzene rings is 4. The number of nitrogens with two attached hydrogens (primary N) is 1. The summed E-state index contributed by atoms with van der Waals surface area (Å²) in [6.07, 6.45) is 0. The molecule has 39 heavy (non-hydrogen) atoms. The number of sulfonamides is 1. The van der Waals surface area contributed by atoms with E-state index in [1.54, 1.807) is 50.4 Å². The van der Waals surface area contributed by atoms with Gasteiger partial charge in [0.05, 0.1) is 16.3 Å². The third-order valence-electron chi connectivity index (χ3n) is 5.74. The van der Waals surface area contributed by atoms with Gasteiger partial charge in [-0.3, -0.25) is 8.86 Å². The summed E-state index contributed by atoms with van der Waals surface area (Å²) in [6, 6.07) is 17.7. The molecule has 4 aromatic rings. The molecule has 4 N–H and O–H groups in total. The average molecular weight is 578 g/mol. The third-order valence-corrected chi connectivity index (χ3v) is 8.50. The quantitative estimate of drug-likeness (QED) is 0.122. The number of nitrogens with zero attached hydrogens (tertiary/aromatic N) is 3.